The molecule has 1 aromatic rings. The van der Waals surface area contributed by atoms with Gasteiger partial charge in [-0.2, -0.15) is 0 Å². The molecule has 1 saturated heterocycles. The van der Waals surface area contributed by atoms with Crippen LogP contribution in [0.25, 0.3) is 0 Å². The number of rotatable bonds is 3. The van der Waals surface area contributed by atoms with E-state index in [1.807, 2.05) is 0 Å². The molecule has 4 heteroatoms. The highest BCUT2D eigenvalue weighted by Crippen LogP contribution is 2.22. The zero-order valence-electron chi connectivity index (χ0n) is 11.7. The first kappa shape index (κ1) is 17.0. The van der Waals surface area contributed by atoms with Gasteiger partial charge in [-0.1, -0.05) is 28.1 Å². The molecule has 1 aliphatic heterocycles. The smallest absolute Gasteiger partial charge is 0.0234 e. The predicted octanol–water partition coefficient (Wildman–Crippen LogP) is 3.74. The van der Waals surface area contributed by atoms with E-state index in [-0.39, 0.29) is 12.4 Å². The van der Waals surface area contributed by atoms with Crippen molar-refractivity contribution in [2.24, 2.45) is 11.7 Å². The summed E-state index contributed by atoms with van der Waals surface area (Å²) >= 11 is 3.61. The van der Waals surface area contributed by atoms with Crippen molar-refractivity contribution in [2.75, 3.05) is 13.1 Å². The summed E-state index contributed by atoms with van der Waals surface area (Å²) in [6, 6.07) is 6.98. The number of nitrogens with zero attached hydrogens (tertiary/aromatic N) is 1. The van der Waals surface area contributed by atoms with Gasteiger partial charge in [-0.3, -0.25) is 4.90 Å². The van der Waals surface area contributed by atoms with Crippen LogP contribution in [0.5, 0.6) is 0 Å². The molecule has 2 nitrogen and oxygen atoms in total. The van der Waals surface area contributed by atoms with Gasteiger partial charge in [-0.15, -0.1) is 12.4 Å². The van der Waals surface area contributed by atoms with Crippen LogP contribution in [0.15, 0.2) is 22.7 Å². The van der Waals surface area contributed by atoms with Crippen LogP contribution in [0.1, 0.15) is 30.9 Å². The minimum absolute atomic E-state index is 0. The lowest BCUT2D eigenvalue weighted by atomic mass is 9.92. The Morgan fingerprint density at radius 1 is 1.47 bits per heavy atom. The van der Waals surface area contributed by atoms with E-state index in [1.165, 1.54) is 35.0 Å². The third-order valence-electron chi connectivity index (χ3n) is 3.93. The highest BCUT2D eigenvalue weighted by Gasteiger charge is 2.22. The van der Waals surface area contributed by atoms with Gasteiger partial charge in [0.15, 0.2) is 0 Å². The molecule has 0 saturated carbocycles. The maximum atomic E-state index is 6.03. The Morgan fingerprint density at radius 3 is 2.84 bits per heavy atom. The quantitative estimate of drug-likeness (QED) is 0.902. The van der Waals surface area contributed by atoms with Gasteiger partial charge in [-0.05, 0) is 56.3 Å². The van der Waals surface area contributed by atoms with Crippen molar-refractivity contribution in [2.45, 2.75) is 39.3 Å². The van der Waals surface area contributed by atoms with Crippen LogP contribution >= 0.6 is 28.3 Å². The first-order valence-electron chi connectivity index (χ1n) is 6.79. The molecule has 2 atom stereocenters. The summed E-state index contributed by atoms with van der Waals surface area (Å²) in [4.78, 5) is 2.54. The van der Waals surface area contributed by atoms with Crippen molar-refractivity contribution in [3.63, 3.8) is 0 Å². The standard InChI is InChI=1S/C15H23BrN2.ClH/c1-11-5-6-13(8-15(11)16)9-18-7-3-4-14(10-18)12(2)17;/h5-6,8,12,14H,3-4,7,9-10,17H2,1-2H3;1H. The van der Waals surface area contributed by atoms with E-state index in [1.54, 1.807) is 0 Å². The largest absolute Gasteiger partial charge is 0.328 e. The molecule has 2 N–H and O–H groups in total. The summed E-state index contributed by atoms with van der Waals surface area (Å²) < 4.78 is 1.21. The Bertz CT molecular complexity index is 409. The van der Waals surface area contributed by atoms with E-state index >= 15 is 0 Å². The van der Waals surface area contributed by atoms with Crippen LogP contribution in [0.4, 0.5) is 0 Å². The second kappa shape index (κ2) is 7.63. The average Bonchev–Trinajstić information content (AvgIpc) is 2.34. The van der Waals surface area contributed by atoms with Gasteiger partial charge < -0.3 is 5.73 Å². The average molecular weight is 348 g/mol. The lowest BCUT2D eigenvalue weighted by molar-refractivity contribution is 0.154. The number of benzene rings is 1. The van der Waals surface area contributed by atoms with Crippen LogP contribution < -0.4 is 5.73 Å². The van der Waals surface area contributed by atoms with Crippen LogP contribution in [-0.4, -0.2) is 24.0 Å². The molecule has 0 radical (unpaired) electrons. The molecule has 2 unspecified atom stereocenters. The molecule has 0 amide bonds. The molecule has 0 aliphatic carbocycles. The molecule has 1 aliphatic rings. The predicted molar refractivity (Wildman–Crippen MR) is 87.8 cm³/mol. The highest BCUT2D eigenvalue weighted by molar-refractivity contribution is 9.10. The van der Waals surface area contributed by atoms with Crippen LogP contribution in [0, 0.1) is 12.8 Å². The van der Waals surface area contributed by atoms with Crippen LogP contribution in [0.3, 0.4) is 0 Å². The summed E-state index contributed by atoms with van der Waals surface area (Å²) in [5.74, 6) is 0.660. The molecular weight excluding hydrogens is 324 g/mol. The van der Waals surface area contributed by atoms with Gasteiger partial charge in [0.1, 0.15) is 0 Å². The third-order valence-corrected chi connectivity index (χ3v) is 4.78. The topological polar surface area (TPSA) is 29.3 Å². The minimum Gasteiger partial charge on any atom is -0.328 e. The van der Waals surface area contributed by atoms with Crippen molar-refractivity contribution in [3.8, 4) is 0 Å². The first-order chi connectivity index (χ1) is 8.56. The lowest BCUT2D eigenvalue weighted by Crippen LogP contribution is -2.41. The molecule has 1 heterocycles. The molecular formula is C15H24BrClN2. The van der Waals surface area contributed by atoms with Gasteiger partial charge in [0.25, 0.3) is 0 Å². The van der Waals surface area contributed by atoms with Crippen molar-refractivity contribution in [1.82, 2.24) is 4.90 Å². The molecule has 1 fully saturated rings. The summed E-state index contributed by atoms with van der Waals surface area (Å²) in [5.41, 5.74) is 8.72. The highest BCUT2D eigenvalue weighted by atomic mass is 79.9. The van der Waals surface area contributed by atoms with E-state index in [0.29, 0.717) is 12.0 Å². The molecule has 108 valence electrons. The number of halogens is 2. The van der Waals surface area contributed by atoms with Gasteiger partial charge in [0.05, 0.1) is 0 Å². The first-order valence-corrected chi connectivity index (χ1v) is 7.58. The summed E-state index contributed by atoms with van der Waals surface area (Å²) in [7, 11) is 0. The fourth-order valence-corrected chi connectivity index (χ4v) is 3.08. The Hall–Kier alpha value is -0.0900. The second-order valence-electron chi connectivity index (χ2n) is 5.58. The van der Waals surface area contributed by atoms with Crippen LogP contribution in [0.2, 0.25) is 0 Å². The fourth-order valence-electron chi connectivity index (χ4n) is 2.66. The number of hydrogen-bond acceptors (Lipinski definition) is 2. The number of piperidine rings is 1. The summed E-state index contributed by atoms with van der Waals surface area (Å²) in [5, 5.41) is 0. The molecule has 0 aromatic heterocycles. The third kappa shape index (κ3) is 4.75. The SMILES string of the molecule is Cc1ccc(CN2CCCC(C(C)N)C2)cc1Br.Cl. The van der Waals surface area contributed by atoms with E-state index < -0.39 is 0 Å². The molecule has 1 aromatic carbocycles. The lowest BCUT2D eigenvalue weighted by Gasteiger charge is -2.34. The monoisotopic (exact) mass is 346 g/mol. The van der Waals surface area contributed by atoms with Gasteiger partial charge >= 0.3 is 0 Å². The Kier molecular flexibility index (Phi) is 6.81. The fraction of sp³-hybridized carbons (Fsp3) is 0.600. The van der Waals surface area contributed by atoms with Crippen LogP contribution in [-0.2, 0) is 6.54 Å². The van der Waals surface area contributed by atoms with Crippen molar-refractivity contribution in [1.29, 1.82) is 0 Å². The second-order valence-corrected chi connectivity index (χ2v) is 6.43. The molecule has 19 heavy (non-hydrogen) atoms. The summed E-state index contributed by atoms with van der Waals surface area (Å²) in [6.45, 7) is 7.65. The van der Waals surface area contributed by atoms with Gasteiger partial charge in [-0.25, -0.2) is 0 Å². The number of hydrogen-bond donors (Lipinski definition) is 1. The zero-order valence-corrected chi connectivity index (χ0v) is 14.1. The van der Waals surface area contributed by atoms with E-state index in [2.05, 4.69) is 52.9 Å². The Balaban J connectivity index is 0.00000180. The van der Waals surface area contributed by atoms with E-state index in [4.69, 9.17) is 5.73 Å². The maximum Gasteiger partial charge on any atom is 0.0234 e. The number of aryl methyl sites for hydroxylation is 1. The molecule has 0 bridgehead atoms. The van der Waals surface area contributed by atoms with Crippen molar-refractivity contribution < 1.29 is 0 Å². The van der Waals surface area contributed by atoms with Crippen molar-refractivity contribution >= 4 is 28.3 Å². The molecule has 0 spiro atoms. The minimum atomic E-state index is 0. The Morgan fingerprint density at radius 2 is 2.21 bits per heavy atom. The maximum absolute atomic E-state index is 6.03. The van der Waals surface area contributed by atoms with Gasteiger partial charge in [0.2, 0.25) is 0 Å². The molecule has 2 rings (SSSR count). The Labute approximate surface area is 131 Å². The normalized spacial score (nSPS) is 21.8. The van der Waals surface area contributed by atoms with Gasteiger partial charge in [0, 0.05) is 23.6 Å². The van der Waals surface area contributed by atoms with E-state index in [0.717, 1.165) is 13.1 Å². The summed E-state index contributed by atoms with van der Waals surface area (Å²) in [6.07, 6.45) is 2.56. The van der Waals surface area contributed by atoms with Crippen molar-refractivity contribution in [3.05, 3.63) is 33.8 Å². The number of nitrogens with two attached hydrogens (primary N) is 1. The number of likely N-dealkylation sites (tertiary alicyclic amines) is 1. The zero-order chi connectivity index (χ0) is 13.1. The van der Waals surface area contributed by atoms with E-state index in [9.17, 15) is 0 Å².